The molecule has 0 aromatic rings. The number of rotatable bonds is 12. The molecule has 0 aliphatic rings. The van der Waals surface area contributed by atoms with Crippen LogP contribution in [-0.2, 0) is 4.79 Å². The van der Waals surface area contributed by atoms with Gasteiger partial charge in [0.05, 0.1) is 0 Å². The van der Waals surface area contributed by atoms with Gasteiger partial charge in [-0.2, -0.15) is 0 Å². The Morgan fingerprint density at radius 1 is 0.842 bits per heavy atom. The Balaban J connectivity index is 0. The highest BCUT2D eigenvalue weighted by atomic mass is 79.9. The van der Waals surface area contributed by atoms with Crippen molar-refractivity contribution in [1.29, 1.82) is 0 Å². The minimum Gasteiger partial charge on any atom is -0.481 e. The van der Waals surface area contributed by atoms with Crippen LogP contribution in [0, 0.1) is 0 Å². The van der Waals surface area contributed by atoms with Gasteiger partial charge in [-0.25, -0.2) is 0 Å². The van der Waals surface area contributed by atoms with Crippen molar-refractivity contribution < 1.29 is 15.0 Å². The molecule has 0 atom stereocenters. The Morgan fingerprint density at radius 3 is 1.42 bits per heavy atom. The van der Waals surface area contributed by atoms with Crippen molar-refractivity contribution in [3.05, 3.63) is 0 Å². The normalized spacial score (nSPS) is 9.84. The average Bonchev–Trinajstić information content (AvgIpc) is 2.41. The van der Waals surface area contributed by atoms with Crippen LogP contribution in [0.4, 0.5) is 0 Å². The van der Waals surface area contributed by atoms with Gasteiger partial charge in [-0.05, 0) is 6.42 Å². The fourth-order valence-corrected chi connectivity index (χ4v) is 1.78. The van der Waals surface area contributed by atoms with Crippen molar-refractivity contribution in [2.45, 2.75) is 77.6 Å². The Hall–Kier alpha value is -0.0900. The molecule has 3 nitrogen and oxygen atoms in total. The van der Waals surface area contributed by atoms with E-state index in [2.05, 4.69) is 22.9 Å². The molecule has 19 heavy (non-hydrogen) atoms. The monoisotopic (exact) mass is 338 g/mol. The van der Waals surface area contributed by atoms with E-state index >= 15 is 0 Å². The van der Waals surface area contributed by atoms with E-state index in [9.17, 15) is 4.79 Å². The molecule has 0 rings (SSSR count). The molecule has 0 aliphatic heterocycles. The van der Waals surface area contributed by atoms with Gasteiger partial charge in [0.15, 0.2) is 0 Å². The number of hydrogen-bond donors (Lipinski definition) is 2. The molecular formula is C15H31BrO3. The fourth-order valence-electron chi connectivity index (χ4n) is 1.78. The van der Waals surface area contributed by atoms with Gasteiger partial charge in [-0.3, -0.25) is 4.79 Å². The van der Waals surface area contributed by atoms with E-state index in [0.29, 0.717) is 6.61 Å². The number of unbranched alkanes of at least 4 members (excludes halogenated alkanes) is 10. The maximum atomic E-state index is 9.32. The van der Waals surface area contributed by atoms with Crippen molar-refractivity contribution >= 4 is 21.9 Å². The van der Waals surface area contributed by atoms with Crippen LogP contribution < -0.4 is 0 Å². The lowest BCUT2D eigenvalue weighted by molar-refractivity contribution is -0.133. The van der Waals surface area contributed by atoms with Crippen LogP contribution in [-0.4, -0.2) is 28.1 Å². The van der Waals surface area contributed by atoms with Crippen LogP contribution >= 0.6 is 15.9 Å². The summed E-state index contributed by atoms with van der Waals surface area (Å²) in [6.45, 7) is 2.64. The zero-order valence-corrected chi connectivity index (χ0v) is 14.0. The molecule has 0 aromatic carbocycles. The first-order chi connectivity index (χ1) is 9.18. The first-order valence-corrected chi connectivity index (χ1v) is 8.69. The van der Waals surface area contributed by atoms with Gasteiger partial charge in [0.2, 0.25) is 0 Å². The summed E-state index contributed by atoms with van der Waals surface area (Å²) < 4.78 is 0. The Labute approximate surface area is 126 Å². The summed E-state index contributed by atoms with van der Waals surface area (Å²) in [5, 5.41) is 16.3. The van der Waals surface area contributed by atoms with Gasteiger partial charge in [0, 0.05) is 6.61 Å². The van der Waals surface area contributed by atoms with Crippen molar-refractivity contribution in [2.75, 3.05) is 11.9 Å². The number of aliphatic carboxylic acids is 1. The summed E-state index contributed by atoms with van der Waals surface area (Å²) in [6.07, 6.45) is 14.8. The summed E-state index contributed by atoms with van der Waals surface area (Å²) in [6, 6.07) is 0. The van der Waals surface area contributed by atoms with E-state index < -0.39 is 5.97 Å². The van der Waals surface area contributed by atoms with Crippen molar-refractivity contribution in [3.63, 3.8) is 0 Å². The van der Waals surface area contributed by atoms with Gasteiger partial charge in [-0.15, -0.1) is 0 Å². The number of aliphatic hydroxyl groups is 1. The van der Waals surface area contributed by atoms with E-state index in [1.807, 2.05) is 0 Å². The van der Waals surface area contributed by atoms with E-state index in [4.69, 9.17) is 10.2 Å². The molecule has 116 valence electrons. The quantitative estimate of drug-likeness (QED) is 0.398. The van der Waals surface area contributed by atoms with Crippen molar-refractivity contribution in [3.8, 4) is 0 Å². The molecule has 0 amide bonds. The predicted molar refractivity (Wildman–Crippen MR) is 85.0 cm³/mol. The highest BCUT2D eigenvalue weighted by molar-refractivity contribution is 9.09. The summed E-state index contributed by atoms with van der Waals surface area (Å²) in [7, 11) is 0. The van der Waals surface area contributed by atoms with E-state index in [1.54, 1.807) is 0 Å². The molecule has 0 saturated carbocycles. The summed E-state index contributed by atoms with van der Waals surface area (Å²) in [4.78, 5) is 9.32. The summed E-state index contributed by atoms with van der Waals surface area (Å²) in [5.74, 6) is -0.829. The molecule has 0 aromatic heterocycles. The number of hydrogen-bond acceptors (Lipinski definition) is 2. The molecule has 0 bridgehead atoms. The first kappa shape index (κ1) is 21.2. The second kappa shape index (κ2) is 20.2. The zero-order valence-electron chi connectivity index (χ0n) is 12.4. The Kier molecular flexibility index (Phi) is 22.6. The Bertz CT molecular complexity index is 163. The molecule has 4 heteroatoms. The number of alkyl halides is 1. The van der Waals surface area contributed by atoms with Crippen molar-refractivity contribution in [1.82, 2.24) is 0 Å². The van der Waals surface area contributed by atoms with Gasteiger partial charge in [0.1, 0.15) is 5.33 Å². The average molecular weight is 339 g/mol. The van der Waals surface area contributed by atoms with Crippen LogP contribution in [0.3, 0.4) is 0 Å². The summed E-state index contributed by atoms with van der Waals surface area (Å²) in [5.41, 5.74) is 0. The smallest absolute Gasteiger partial charge is 0.314 e. The number of halogens is 1. The number of carboxylic acid groups (broad SMARTS) is 1. The third kappa shape index (κ3) is 27.2. The molecule has 0 unspecified atom stereocenters. The third-order valence-electron chi connectivity index (χ3n) is 2.88. The Morgan fingerprint density at radius 2 is 1.16 bits per heavy atom. The molecular weight excluding hydrogens is 308 g/mol. The number of aliphatic hydroxyl groups excluding tert-OH is 1. The molecule has 0 fully saturated rings. The highest BCUT2D eigenvalue weighted by Crippen LogP contribution is 2.10. The second-order valence-corrected chi connectivity index (χ2v) is 5.35. The zero-order chi connectivity index (χ0) is 14.8. The van der Waals surface area contributed by atoms with Crippen LogP contribution in [0.5, 0.6) is 0 Å². The van der Waals surface area contributed by atoms with Crippen LogP contribution in [0.2, 0.25) is 0 Å². The standard InChI is InChI=1S/C13H28O.C2H3BrO2/c1-2-3-4-5-6-7-8-9-10-11-12-13-14;3-1-2(4)5/h14H,2-13H2,1H3;1H2,(H,4,5). The molecule has 0 saturated heterocycles. The highest BCUT2D eigenvalue weighted by Gasteiger charge is 1.91. The lowest BCUT2D eigenvalue weighted by atomic mass is 10.1. The van der Waals surface area contributed by atoms with Gasteiger partial charge >= 0.3 is 5.97 Å². The molecule has 0 heterocycles. The maximum absolute atomic E-state index is 9.32. The molecule has 2 N–H and O–H groups in total. The third-order valence-corrected chi connectivity index (χ3v) is 3.36. The topological polar surface area (TPSA) is 57.5 Å². The predicted octanol–water partition coefficient (Wildman–Crippen LogP) is 4.76. The largest absolute Gasteiger partial charge is 0.481 e. The minimum absolute atomic E-state index is 0.0347. The fraction of sp³-hybridized carbons (Fsp3) is 0.933. The minimum atomic E-state index is -0.829. The van der Waals surface area contributed by atoms with Gasteiger partial charge < -0.3 is 10.2 Å². The lowest BCUT2D eigenvalue weighted by Gasteiger charge is -2.01. The maximum Gasteiger partial charge on any atom is 0.314 e. The van der Waals surface area contributed by atoms with Crippen LogP contribution in [0.1, 0.15) is 77.6 Å². The summed E-state index contributed by atoms with van der Waals surface area (Å²) >= 11 is 2.71. The van der Waals surface area contributed by atoms with Gasteiger partial charge in [-0.1, -0.05) is 87.1 Å². The number of carbonyl (C=O) groups is 1. The first-order valence-electron chi connectivity index (χ1n) is 7.57. The molecule has 0 radical (unpaired) electrons. The van der Waals surface area contributed by atoms with E-state index in [0.717, 1.165) is 6.42 Å². The molecule has 0 aliphatic carbocycles. The molecule has 0 spiro atoms. The van der Waals surface area contributed by atoms with Gasteiger partial charge in [0.25, 0.3) is 0 Å². The number of carboxylic acids is 1. The van der Waals surface area contributed by atoms with Crippen molar-refractivity contribution in [2.24, 2.45) is 0 Å². The SMILES string of the molecule is CCCCCCCCCCCCCO.O=C(O)CBr. The van der Waals surface area contributed by atoms with Crippen LogP contribution in [0.15, 0.2) is 0 Å². The van der Waals surface area contributed by atoms with E-state index in [1.165, 1.54) is 64.2 Å². The van der Waals surface area contributed by atoms with E-state index in [-0.39, 0.29) is 5.33 Å². The second-order valence-electron chi connectivity index (χ2n) is 4.79. The lowest BCUT2D eigenvalue weighted by Crippen LogP contribution is -1.92. The van der Waals surface area contributed by atoms with Crippen LogP contribution in [0.25, 0.3) is 0 Å².